The van der Waals surface area contributed by atoms with Crippen LogP contribution in [0.25, 0.3) is 46.9 Å². The van der Waals surface area contributed by atoms with E-state index in [1.165, 1.54) is 66.0 Å². The molecule has 1 N–H and O–H groups in total. The number of alkyl halides is 1. The SMILES string of the molecule is C.S.S.S.S.S.S.S.S.[C-]#[N+]C[C@H]1CN(c2nc(OCCCN3C[C@@H]4C[C@H]3CO4)nc3c2CCN(c2cccc4cccc(C)c24)C3)CCN1C(=O)/C=C/CF.[C-]#[N+]C[C@H]1CN(c2nc(OCCCN3C[C@@H]4C[C@H]3CO4)nc3c2CCN(c2cccc4cccc(C)c24)C3)CCN1C(=O)C(=C)F.[C-]#[N+]C[C@H]1CN(c2nc(OC[C@@H]3CCCN3C)nc3c2CCN(c2cccc4cccc(CO)c24)C3)CCN1C(=O)C(=C)F. The van der Waals surface area contributed by atoms with Crippen LogP contribution in [0.5, 0.6) is 18.0 Å². The van der Waals surface area contributed by atoms with Crippen LogP contribution in [-0.4, -0.2) is 308 Å². The van der Waals surface area contributed by atoms with Gasteiger partial charge in [-0.2, -0.15) is 138 Å². The number of anilines is 6. The number of morpholine rings is 2. The van der Waals surface area contributed by atoms with Crippen molar-refractivity contribution in [1.82, 2.24) is 59.3 Å². The molecule has 8 saturated heterocycles. The number of benzene rings is 6. The number of aryl methyl sites for hydroxylation is 2. The summed E-state index contributed by atoms with van der Waals surface area (Å²) in [5, 5.41) is 17.2. The Bertz CT molecular complexity index is 6180. The number of halogens is 3. The molecule has 9 aromatic rings. The Labute approximate surface area is 911 Å². The third kappa shape index (κ3) is 26.7. The van der Waals surface area contributed by atoms with Crippen LogP contribution in [0.15, 0.2) is 146 Å². The van der Waals surface area contributed by atoms with Crippen molar-refractivity contribution in [2.75, 3.05) is 207 Å². The number of aliphatic hydroxyl groups is 1. The Morgan fingerprint density at radius 3 is 1.22 bits per heavy atom. The molecule has 0 spiro atoms. The number of likely N-dealkylation sites (N-methyl/N-ethyl adjacent to an activating group) is 1. The molecule has 0 aliphatic carbocycles. The average Bonchev–Trinajstić information content (AvgIpc) is 1.12. The van der Waals surface area contributed by atoms with Gasteiger partial charge in [-0.25, -0.2) is 32.9 Å². The summed E-state index contributed by atoms with van der Waals surface area (Å²) in [5.41, 5.74) is 12.7. The maximum atomic E-state index is 13.9. The zero-order valence-corrected chi connectivity index (χ0v) is 90.4. The van der Waals surface area contributed by atoms with E-state index in [1.807, 2.05) is 18.2 Å². The summed E-state index contributed by atoms with van der Waals surface area (Å²) in [4.78, 5) is 104. The Morgan fingerprint density at radius 1 is 0.479 bits per heavy atom. The van der Waals surface area contributed by atoms with Crippen LogP contribution in [0.2, 0.25) is 0 Å². The number of amides is 3. The van der Waals surface area contributed by atoms with Crippen LogP contribution in [0, 0.1) is 33.6 Å². The normalized spacial score (nSPS) is 20.6. The average molecular weight is 2150 g/mol. The van der Waals surface area contributed by atoms with E-state index in [0.717, 1.165) is 190 Å². The molecule has 20 rings (SSSR count). The fraction of sp³-hybridized carbons (Fsp3) is 0.486. The minimum atomic E-state index is -1.02. The minimum Gasteiger partial charge on any atom is -0.463 e. The fourth-order valence-electron chi connectivity index (χ4n) is 22.1. The van der Waals surface area contributed by atoms with Crippen LogP contribution in [0.4, 0.5) is 47.7 Å². The van der Waals surface area contributed by atoms with Crippen molar-refractivity contribution >= 4 is 193 Å². The van der Waals surface area contributed by atoms with Gasteiger partial charge in [0.25, 0.3) is 11.8 Å². The number of piperazine rings is 3. The molecule has 0 saturated carbocycles. The van der Waals surface area contributed by atoms with Gasteiger partial charge in [-0.3, -0.25) is 24.2 Å². The number of aliphatic hydroxyl groups excluding tert-OH is 1. The third-order valence-corrected chi connectivity index (χ3v) is 29.0. The van der Waals surface area contributed by atoms with Crippen molar-refractivity contribution in [3.8, 4) is 18.0 Å². The van der Waals surface area contributed by atoms with Crippen LogP contribution >= 0.6 is 108 Å². The van der Waals surface area contributed by atoms with Gasteiger partial charge in [0.1, 0.15) is 48.9 Å². The third-order valence-electron chi connectivity index (χ3n) is 29.0. The number of ether oxygens (including phenoxy) is 5. The maximum absolute atomic E-state index is 13.9. The molecule has 41 heteroatoms. The number of carbonyl (C=O) groups is 3. The second kappa shape index (κ2) is 55.0. The van der Waals surface area contributed by atoms with Gasteiger partial charge in [0.15, 0.2) is 11.7 Å². The summed E-state index contributed by atoms with van der Waals surface area (Å²) in [5.74, 6) is -1.43. The Hall–Kier alpha value is -10.0. The summed E-state index contributed by atoms with van der Waals surface area (Å²) in [6, 6.07) is 39.0. The summed E-state index contributed by atoms with van der Waals surface area (Å²) < 4.78 is 70.7. The number of nitrogens with zero attached hydrogens (tertiary/aromatic N) is 21. The highest BCUT2D eigenvalue weighted by molar-refractivity contribution is 7.60. The monoisotopic (exact) mass is 2150 g/mol. The van der Waals surface area contributed by atoms with Gasteiger partial charge < -0.3 is 92.3 Å². The number of rotatable bonds is 27. The number of aromatic nitrogens is 6. The molecule has 8 atom stereocenters. The molecule has 8 fully saturated rings. The molecular formula is C105H140F3N21O9S8. The zero-order chi connectivity index (χ0) is 94.9. The first-order valence-electron chi connectivity index (χ1n) is 48.2. The van der Waals surface area contributed by atoms with Crippen molar-refractivity contribution in [3.63, 3.8) is 0 Å². The Morgan fingerprint density at radius 2 is 0.856 bits per heavy atom. The Balaban J connectivity index is 0.000000237. The van der Waals surface area contributed by atoms with Crippen molar-refractivity contribution in [3.05, 3.63) is 231 Å². The highest BCUT2D eigenvalue weighted by atomic mass is 32.1. The van der Waals surface area contributed by atoms with Gasteiger partial charge in [0, 0.05) is 179 Å². The molecule has 11 aliphatic rings. The maximum Gasteiger partial charge on any atom is 0.318 e. The van der Waals surface area contributed by atoms with Crippen LogP contribution in [-0.2, 0) is 69.4 Å². The van der Waals surface area contributed by atoms with Gasteiger partial charge in [-0.1, -0.05) is 112 Å². The van der Waals surface area contributed by atoms with Gasteiger partial charge in [-0.05, 0) is 142 Å². The number of hydrogen-bond donors (Lipinski definition) is 1. The number of allylic oxidation sites excluding steroid dienone is 1. The summed E-state index contributed by atoms with van der Waals surface area (Å²) in [6.07, 6.45) is 11.6. The lowest BCUT2D eigenvalue weighted by molar-refractivity contribution is -0.131. The second-order valence-electron chi connectivity index (χ2n) is 37.5. The molecule has 4 bridgehead atoms. The summed E-state index contributed by atoms with van der Waals surface area (Å²) in [6.45, 7) is 48.5. The fourth-order valence-corrected chi connectivity index (χ4v) is 22.1. The van der Waals surface area contributed by atoms with Crippen LogP contribution < -0.4 is 43.6 Å². The minimum absolute atomic E-state index is 0. The number of likely N-dealkylation sites (tertiary alicyclic amines) is 3. The number of hydrogen-bond acceptors (Lipinski definition) is 24. The van der Waals surface area contributed by atoms with Crippen LogP contribution in [0.3, 0.4) is 0 Å². The first-order chi connectivity index (χ1) is 66.8. The largest absolute Gasteiger partial charge is 0.463 e. The van der Waals surface area contributed by atoms with Gasteiger partial charge in [-0.15, -0.1) is 0 Å². The van der Waals surface area contributed by atoms with Gasteiger partial charge in [0.2, 0.25) is 25.5 Å². The van der Waals surface area contributed by atoms with E-state index in [0.29, 0.717) is 140 Å². The molecular weight excluding hydrogens is 2010 g/mol. The number of fused-ring (bicyclic) bond motifs is 10. The molecule has 0 unspecified atom stereocenters. The molecule has 3 amide bonds. The van der Waals surface area contributed by atoms with Crippen molar-refractivity contribution in [2.45, 2.75) is 154 Å². The van der Waals surface area contributed by atoms with Gasteiger partial charge >= 0.3 is 18.0 Å². The predicted octanol–water partition coefficient (Wildman–Crippen LogP) is 13.5. The van der Waals surface area contributed by atoms with E-state index >= 15 is 0 Å². The molecule has 0 radical (unpaired) electrons. The van der Waals surface area contributed by atoms with E-state index in [2.05, 4.69) is 184 Å². The molecule has 6 aromatic carbocycles. The van der Waals surface area contributed by atoms with Crippen molar-refractivity contribution < 1.29 is 56.3 Å². The topological polar surface area (TPSA) is 247 Å². The summed E-state index contributed by atoms with van der Waals surface area (Å²) in [7, 11) is 2.10. The molecule has 788 valence electrons. The van der Waals surface area contributed by atoms with E-state index in [4.69, 9.17) is 73.3 Å². The molecule has 30 nitrogen and oxygen atoms in total. The lowest BCUT2D eigenvalue weighted by atomic mass is 9.99. The molecule has 11 aliphatic heterocycles. The lowest BCUT2D eigenvalue weighted by Gasteiger charge is -2.41. The summed E-state index contributed by atoms with van der Waals surface area (Å²) >= 11 is 0. The van der Waals surface area contributed by atoms with E-state index in [1.54, 1.807) is 4.90 Å². The first-order valence-corrected chi connectivity index (χ1v) is 48.2. The molecule has 14 heterocycles. The first kappa shape index (κ1) is 120. The Kier molecular flexibility index (Phi) is 45.0. The highest BCUT2D eigenvalue weighted by Crippen LogP contribution is 2.43. The lowest BCUT2D eigenvalue weighted by Crippen LogP contribution is -2.57. The van der Waals surface area contributed by atoms with Crippen molar-refractivity contribution in [2.24, 2.45) is 0 Å². The highest BCUT2D eigenvalue weighted by Gasteiger charge is 2.44. The van der Waals surface area contributed by atoms with Crippen LogP contribution in [0.1, 0.15) is 96.4 Å². The van der Waals surface area contributed by atoms with E-state index in [9.17, 15) is 32.7 Å². The standard InChI is InChI=1S/C36H42FN7O3.C35H40FN7O3.C33H38FN7O3.CH4.8H2S/c1-25-7-3-8-26-9-4-10-32(34(25)26)42-15-12-30-31(23-42)39-36(46-18-6-14-41-22-29-19-27(41)24-47-29)40-35(30)43-16-17-44(28(21-43)20-38-2)33(45)11-5-13-37;1-23-7-4-8-25-9-5-10-31(32(23)25)41-13-11-29-30(21-41)38-35(45-16-6-12-40-20-28-17-26(40)22-46-28)39-33(29)42-14-15-43(34(44)24(2)36)27(19-42)18-37-3;1-22(34)32(43)41-16-15-40(18-26(41)17-35-2)31-27-12-14-39(29-11-5-8-23-7-4-9-24(20-42)30(23)29)19-28(27)36-33(37-31)44-21-25-10-6-13-38(25)3;;;;;;;;;/h3-5,7-11,27-29H,6,12-24H2,1H3;4-5,7-10,26-28H,2,6,11-22H2,1H3;4-5,7-9,11,25-26,42H,1,6,10,12-21H2,3H3;1H4;8*1H2/b11-5+;;;;;;;;;;;/t27-,28-,29-;26-,27-,28-;25-,26-;;;;;;;;;/m000........./s1. The van der Waals surface area contributed by atoms with E-state index < -0.39 is 42.2 Å². The predicted molar refractivity (Wildman–Crippen MR) is 611 cm³/mol. The quantitative estimate of drug-likeness (QED) is 0.0285. The number of carbonyl (C=O) groups excluding carboxylic acids is 3. The smallest absolute Gasteiger partial charge is 0.318 e. The zero-order valence-electron chi connectivity index (χ0n) is 82.4. The van der Waals surface area contributed by atoms with Crippen molar-refractivity contribution in [1.29, 1.82) is 0 Å². The second-order valence-corrected chi connectivity index (χ2v) is 37.5. The molecule has 3 aromatic heterocycles. The van der Waals surface area contributed by atoms with E-state index in [-0.39, 0.29) is 167 Å². The molecule has 146 heavy (non-hydrogen) atoms. The van der Waals surface area contributed by atoms with Gasteiger partial charge in [0.05, 0.1) is 82.0 Å².